The topological polar surface area (TPSA) is 220 Å². The van der Waals surface area contributed by atoms with E-state index in [1.807, 2.05) is 27.7 Å². The van der Waals surface area contributed by atoms with Gasteiger partial charge in [0.05, 0.1) is 58.5 Å². The van der Waals surface area contributed by atoms with Gasteiger partial charge in [0.2, 0.25) is 0 Å². The second kappa shape index (κ2) is 27.1. The summed E-state index contributed by atoms with van der Waals surface area (Å²) < 4.78 is 89.0. The Labute approximate surface area is 343 Å². The zero-order valence-electron chi connectivity index (χ0n) is 31.0. The number of rotatable bonds is 22. The summed E-state index contributed by atoms with van der Waals surface area (Å²) in [6.45, 7) is 8.66. The van der Waals surface area contributed by atoms with Crippen LogP contribution in [0, 0.1) is 0 Å². The fourth-order valence-electron chi connectivity index (χ4n) is 4.44. The van der Waals surface area contributed by atoms with E-state index >= 15 is 0 Å². The van der Waals surface area contributed by atoms with E-state index < -0.39 is 53.9 Å². The summed E-state index contributed by atoms with van der Waals surface area (Å²) in [4.78, 5) is 46.5. The molecule has 2 rings (SSSR count). The molecule has 0 amide bonds. The Morgan fingerprint density at radius 3 is 0.981 bits per heavy atom. The smallest absolute Gasteiger partial charge is 0.744 e. The molecule has 0 spiro atoms. The molecule has 0 saturated carbocycles. The minimum Gasteiger partial charge on any atom is -0.744 e. The molecule has 0 aliphatic rings. The average molecular weight is 811 g/mol. The van der Waals surface area contributed by atoms with E-state index in [-0.39, 0.29) is 86.4 Å². The van der Waals surface area contributed by atoms with E-state index in [9.17, 15) is 45.1 Å². The first-order chi connectivity index (χ1) is 24.6. The van der Waals surface area contributed by atoms with E-state index in [1.165, 1.54) is 12.1 Å². The van der Waals surface area contributed by atoms with Crippen molar-refractivity contribution in [2.45, 2.75) is 115 Å². The van der Waals surface area contributed by atoms with Crippen LogP contribution in [0.3, 0.4) is 0 Å². The maximum absolute atomic E-state index is 12.1. The summed E-state index contributed by atoms with van der Waals surface area (Å²) in [7, 11) is -9.92. The second-order valence-corrected chi connectivity index (χ2v) is 14.4. The van der Waals surface area contributed by atoms with Crippen molar-refractivity contribution >= 4 is 81.9 Å². The van der Waals surface area contributed by atoms with Gasteiger partial charge < -0.3 is 28.1 Å². The maximum atomic E-state index is 12.1. The van der Waals surface area contributed by atoms with Gasteiger partial charge in [-0.1, -0.05) is 79.1 Å². The summed E-state index contributed by atoms with van der Waals surface area (Å²) >= 11 is 0. The molecule has 0 aromatic heterocycles. The number of esters is 4. The molecule has 2 aromatic rings. The van der Waals surface area contributed by atoms with Gasteiger partial charge in [0.15, 0.2) is 0 Å². The normalized spacial score (nSPS) is 11.0. The van der Waals surface area contributed by atoms with Gasteiger partial charge in [-0.3, -0.25) is 0 Å². The molecule has 2 aromatic carbocycles. The molecule has 0 atom stereocenters. The van der Waals surface area contributed by atoms with Gasteiger partial charge in [-0.25, -0.2) is 36.0 Å². The third-order valence-electron chi connectivity index (χ3n) is 7.34. The van der Waals surface area contributed by atoms with Gasteiger partial charge in [0, 0.05) is 0 Å². The average Bonchev–Trinajstić information content (AvgIpc) is 3.11. The predicted octanol–water partition coefficient (Wildman–Crippen LogP) is 6.19. The fourth-order valence-corrected chi connectivity index (χ4v) is 5.82. The van der Waals surface area contributed by atoms with E-state index in [1.54, 1.807) is 0 Å². The largest absolute Gasteiger partial charge is 2.00 e. The van der Waals surface area contributed by atoms with Crippen LogP contribution in [0.5, 0.6) is 0 Å². The van der Waals surface area contributed by atoms with Gasteiger partial charge in [-0.05, 0) is 62.1 Å². The maximum Gasteiger partial charge on any atom is 2.00 e. The molecule has 17 heteroatoms. The molecule has 0 fully saturated rings. The zero-order chi connectivity index (χ0) is 39.2. The number of hydrogen-bond donors (Lipinski definition) is 0. The van der Waals surface area contributed by atoms with E-state index in [0.29, 0.717) is 25.7 Å². The van der Waals surface area contributed by atoms with Crippen molar-refractivity contribution in [3.8, 4) is 0 Å². The SMILES string of the molecule is CCCCCOC(=O)c1ccc(C(=O)OCCCCC)c(S(=O)(=O)[O-])c1.CCCCCOC(=O)c1ccc(C(=O)OCCCCC)c(S(=O)(=O)[O-])c1.[Ca+2]. The second-order valence-electron chi connectivity index (χ2n) is 11.7. The van der Waals surface area contributed by atoms with Crippen LogP contribution in [-0.2, 0) is 39.2 Å². The molecule has 292 valence electrons. The number of carbonyl (C=O) groups excluding carboxylic acids is 4. The Bertz CT molecular complexity index is 1550. The van der Waals surface area contributed by atoms with Gasteiger partial charge in [-0.2, -0.15) is 0 Å². The van der Waals surface area contributed by atoms with Crippen molar-refractivity contribution < 1.29 is 64.1 Å². The van der Waals surface area contributed by atoms with Crippen molar-refractivity contribution in [2.24, 2.45) is 0 Å². The zero-order valence-corrected chi connectivity index (χ0v) is 34.9. The van der Waals surface area contributed by atoms with Crippen LogP contribution >= 0.6 is 0 Å². The number of ether oxygens (including phenoxy) is 4. The molecule has 0 radical (unpaired) electrons. The molecule has 0 N–H and O–H groups in total. The third kappa shape index (κ3) is 19.5. The predicted molar refractivity (Wildman–Crippen MR) is 194 cm³/mol. The van der Waals surface area contributed by atoms with Crippen LogP contribution in [-0.4, -0.2) is 114 Å². The summed E-state index contributed by atoms with van der Waals surface area (Å²) in [6, 6.07) is 6.45. The minimum atomic E-state index is -4.96. The fraction of sp³-hybridized carbons (Fsp3) is 0.556. The Morgan fingerprint density at radius 2 is 0.736 bits per heavy atom. The van der Waals surface area contributed by atoms with Gasteiger partial charge in [0.1, 0.15) is 20.2 Å². The number of carbonyl (C=O) groups is 4. The van der Waals surface area contributed by atoms with Crippen LogP contribution in [0.1, 0.15) is 146 Å². The van der Waals surface area contributed by atoms with Gasteiger partial charge in [-0.15, -0.1) is 0 Å². The molecule has 0 saturated heterocycles. The quantitative estimate of drug-likeness (QED) is 0.0426. The Kier molecular flexibility index (Phi) is 25.7. The molecule has 53 heavy (non-hydrogen) atoms. The van der Waals surface area contributed by atoms with Crippen molar-refractivity contribution in [3.05, 3.63) is 58.7 Å². The summed E-state index contributed by atoms with van der Waals surface area (Å²) in [5.74, 6) is -3.29. The molecule has 14 nitrogen and oxygen atoms in total. The molecular weight excluding hydrogens is 761 g/mol. The molecule has 0 aliphatic carbocycles. The van der Waals surface area contributed by atoms with Crippen molar-refractivity contribution in [2.75, 3.05) is 26.4 Å². The third-order valence-corrected chi connectivity index (χ3v) is 9.09. The first-order valence-electron chi connectivity index (χ1n) is 17.5. The summed E-state index contributed by atoms with van der Waals surface area (Å²) in [5.41, 5.74) is -0.949. The van der Waals surface area contributed by atoms with Crippen LogP contribution in [0.2, 0.25) is 0 Å². The minimum absolute atomic E-state index is 0. The van der Waals surface area contributed by atoms with Crippen LogP contribution in [0.4, 0.5) is 0 Å². The van der Waals surface area contributed by atoms with Gasteiger partial charge in [0.25, 0.3) is 0 Å². The number of benzene rings is 2. The molecule has 0 unspecified atom stereocenters. The molecular formula is C36H50CaO14S2. The Balaban J connectivity index is 0.00000100. The monoisotopic (exact) mass is 810 g/mol. The van der Waals surface area contributed by atoms with Gasteiger partial charge >= 0.3 is 61.6 Å². The first-order valence-corrected chi connectivity index (χ1v) is 20.3. The molecule has 0 aliphatic heterocycles. The first kappa shape index (κ1) is 50.4. The van der Waals surface area contributed by atoms with E-state index in [0.717, 1.165) is 75.6 Å². The number of unbranched alkanes of at least 4 members (excludes halogenated alkanes) is 8. The molecule has 0 bridgehead atoms. The summed E-state index contributed by atoms with van der Waals surface area (Å²) in [5, 5.41) is 0. The van der Waals surface area contributed by atoms with Crippen LogP contribution < -0.4 is 0 Å². The van der Waals surface area contributed by atoms with Crippen molar-refractivity contribution in [3.63, 3.8) is 0 Å². The number of hydrogen-bond acceptors (Lipinski definition) is 14. The van der Waals surface area contributed by atoms with E-state index in [4.69, 9.17) is 18.9 Å². The molecule has 0 heterocycles. The van der Waals surface area contributed by atoms with E-state index in [2.05, 4.69) is 0 Å². The van der Waals surface area contributed by atoms with Crippen LogP contribution in [0.25, 0.3) is 0 Å². The summed E-state index contributed by atoms with van der Waals surface area (Å²) in [6.07, 6.45) is 10.00. The van der Waals surface area contributed by atoms with Crippen molar-refractivity contribution in [1.29, 1.82) is 0 Å². The van der Waals surface area contributed by atoms with Crippen molar-refractivity contribution in [1.82, 2.24) is 0 Å². The standard InChI is InChI=1S/2C18H26O7S.Ca/c2*1-3-5-7-11-24-17(19)14-9-10-15(16(13-14)26(21,22)23)18(20)25-12-8-6-4-2;/h2*9-10,13H,3-8,11-12H2,1-2H3,(H,21,22,23);/q;;+2/p-2. The Hall–Kier alpha value is -2.60. The Morgan fingerprint density at radius 1 is 0.472 bits per heavy atom. The van der Waals surface area contributed by atoms with Crippen LogP contribution in [0.15, 0.2) is 46.2 Å².